The molecule has 1 aromatic carbocycles. The van der Waals surface area contributed by atoms with Gasteiger partial charge in [-0.3, -0.25) is 4.90 Å². The lowest BCUT2D eigenvalue weighted by molar-refractivity contribution is 0.112. The molecule has 1 aromatic rings. The number of hydrogen-bond donors (Lipinski definition) is 1. The molecule has 2 N–H and O–H groups in total. The number of nitrogens with zero attached hydrogens (tertiary/aromatic N) is 1. The lowest BCUT2D eigenvalue weighted by atomic mass is 9.95. The second-order valence-corrected chi connectivity index (χ2v) is 7.41. The predicted octanol–water partition coefficient (Wildman–Crippen LogP) is 3.34. The van der Waals surface area contributed by atoms with E-state index in [1.54, 1.807) is 7.11 Å². The van der Waals surface area contributed by atoms with Gasteiger partial charge in [0.25, 0.3) is 0 Å². The van der Waals surface area contributed by atoms with Gasteiger partial charge in [-0.2, -0.15) is 0 Å². The van der Waals surface area contributed by atoms with Crippen molar-refractivity contribution < 1.29 is 9.47 Å². The lowest BCUT2D eigenvalue weighted by Crippen LogP contribution is -2.26. The number of ether oxygens (including phenoxy) is 2. The van der Waals surface area contributed by atoms with Crippen molar-refractivity contribution in [2.75, 3.05) is 27.2 Å². The van der Waals surface area contributed by atoms with Crippen molar-refractivity contribution in [3.63, 3.8) is 0 Å². The second kappa shape index (κ2) is 6.77. The summed E-state index contributed by atoms with van der Waals surface area (Å²) in [6, 6.07) is 4.51. The standard InChI is InChI=1S/C17H25BrN2O2/c1-20-10-11(9-19)6-15(20)14-7-12(18)8-16(21-2)17(14)22-13-4-3-5-13/h7-8,11,13,15H,3-6,9-10,19H2,1-2H3. The molecule has 1 saturated heterocycles. The quantitative estimate of drug-likeness (QED) is 0.865. The van der Waals surface area contributed by atoms with E-state index in [0.29, 0.717) is 18.1 Å². The maximum absolute atomic E-state index is 6.28. The third-order valence-electron chi connectivity index (χ3n) is 4.93. The van der Waals surface area contributed by atoms with Gasteiger partial charge in [0, 0.05) is 22.6 Å². The molecule has 2 fully saturated rings. The maximum atomic E-state index is 6.28. The van der Waals surface area contributed by atoms with Gasteiger partial charge >= 0.3 is 0 Å². The fraction of sp³-hybridized carbons (Fsp3) is 0.647. The Morgan fingerprint density at radius 2 is 2.14 bits per heavy atom. The van der Waals surface area contributed by atoms with E-state index in [2.05, 4.69) is 33.9 Å². The fourth-order valence-corrected chi connectivity index (χ4v) is 3.86. The number of hydrogen-bond acceptors (Lipinski definition) is 4. The highest BCUT2D eigenvalue weighted by atomic mass is 79.9. The number of nitrogens with two attached hydrogens (primary N) is 1. The van der Waals surface area contributed by atoms with Crippen LogP contribution in [0.2, 0.25) is 0 Å². The van der Waals surface area contributed by atoms with Crippen molar-refractivity contribution in [2.24, 2.45) is 11.7 Å². The first-order valence-corrected chi connectivity index (χ1v) is 8.86. The molecule has 22 heavy (non-hydrogen) atoms. The van der Waals surface area contributed by atoms with Crippen molar-refractivity contribution in [3.05, 3.63) is 22.2 Å². The summed E-state index contributed by atoms with van der Waals surface area (Å²) >= 11 is 3.61. The van der Waals surface area contributed by atoms with Gasteiger partial charge in [0.1, 0.15) is 0 Å². The minimum Gasteiger partial charge on any atom is -0.493 e. The second-order valence-electron chi connectivity index (χ2n) is 6.49. The molecule has 2 aliphatic rings. The molecule has 122 valence electrons. The SMILES string of the molecule is COc1cc(Br)cc(C2CC(CN)CN2C)c1OC1CCC1. The van der Waals surface area contributed by atoms with Gasteiger partial charge in [-0.05, 0) is 57.3 Å². The van der Waals surface area contributed by atoms with Crippen molar-refractivity contribution in [1.82, 2.24) is 4.90 Å². The summed E-state index contributed by atoms with van der Waals surface area (Å²) in [6.45, 7) is 1.78. The molecule has 0 bridgehead atoms. The molecule has 5 heteroatoms. The maximum Gasteiger partial charge on any atom is 0.166 e. The van der Waals surface area contributed by atoms with Crippen molar-refractivity contribution in [2.45, 2.75) is 37.8 Å². The van der Waals surface area contributed by atoms with Crippen LogP contribution in [0, 0.1) is 5.92 Å². The molecular weight excluding hydrogens is 344 g/mol. The van der Waals surface area contributed by atoms with E-state index >= 15 is 0 Å². The first-order chi connectivity index (χ1) is 10.6. The third-order valence-corrected chi connectivity index (χ3v) is 5.39. The van der Waals surface area contributed by atoms with Gasteiger partial charge in [-0.15, -0.1) is 0 Å². The zero-order valence-electron chi connectivity index (χ0n) is 13.3. The average Bonchev–Trinajstić information content (AvgIpc) is 2.84. The van der Waals surface area contributed by atoms with E-state index in [9.17, 15) is 0 Å². The minimum absolute atomic E-state index is 0.339. The van der Waals surface area contributed by atoms with Crippen molar-refractivity contribution in [3.8, 4) is 11.5 Å². The van der Waals surface area contributed by atoms with Crippen LogP contribution in [0.1, 0.15) is 37.3 Å². The van der Waals surface area contributed by atoms with Crippen LogP contribution in [0.3, 0.4) is 0 Å². The zero-order chi connectivity index (χ0) is 15.7. The third kappa shape index (κ3) is 3.12. The van der Waals surface area contributed by atoms with Gasteiger partial charge in [0.2, 0.25) is 0 Å². The predicted molar refractivity (Wildman–Crippen MR) is 91.5 cm³/mol. The Kier molecular flexibility index (Phi) is 4.95. The van der Waals surface area contributed by atoms with Crippen LogP contribution < -0.4 is 15.2 Å². The van der Waals surface area contributed by atoms with Gasteiger partial charge in [0.05, 0.1) is 13.2 Å². The molecule has 1 aliphatic carbocycles. The normalized spacial score (nSPS) is 26.0. The van der Waals surface area contributed by atoms with E-state index < -0.39 is 0 Å². The van der Waals surface area contributed by atoms with E-state index in [4.69, 9.17) is 15.2 Å². The van der Waals surface area contributed by atoms with Crippen LogP contribution in [0.25, 0.3) is 0 Å². The van der Waals surface area contributed by atoms with Crippen LogP contribution in [-0.2, 0) is 0 Å². The Bertz CT molecular complexity index is 534. The van der Waals surface area contributed by atoms with Crippen LogP contribution >= 0.6 is 15.9 Å². The molecule has 0 spiro atoms. The van der Waals surface area contributed by atoms with Crippen LogP contribution in [0.4, 0.5) is 0 Å². The van der Waals surface area contributed by atoms with E-state index in [0.717, 1.165) is 48.3 Å². The Morgan fingerprint density at radius 1 is 1.36 bits per heavy atom. The summed E-state index contributed by atoms with van der Waals surface area (Å²) in [7, 11) is 3.88. The van der Waals surface area contributed by atoms with E-state index in [-0.39, 0.29) is 0 Å². The van der Waals surface area contributed by atoms with Crippen LogP contribution in [0.15, 0.2) is 16.6 Å². The van der Waals surface area contributed by atoms with E-state index in [1.165, 1.54) is 12.0 Å². The number of halogens is 1. The molecule has 0 aromatic heterocycles. The molecule has 3 rings (SSSR count). The monoisotopic (exact) mass is 368 g/mol. The minimum atomic E-state index is 0.339. The molecule has 2 unspecified atom stereocenters. The summed E-state index contributed by atoms with van der Waals surface area (Å²) in [4.78, 5) is 2.38. The molecule has 1 saturated carbocycles. The first kappa shape index (κ1) is 16.1. The Hall–Kier alpha value is -0.780. The highest BCUT2D eigenvalue weighted by Crippen LogP contribution is 2.45. The Morgan fingerprint density at radius 3 is 2.68 bits per heavy atom. The smallest absolute Gasteiger partial charge is 0.166 e. The molecule has 2 atom stereocenters. The number of likely N-dealkylation sites (tertiary alicyclic amines) is 1. The van der Waals surface area contributed by atoms with Gasteiger partial charge in [0.15, 0.2) is 11.5 Å². The summed E-state index contributed by atoms with van der Waals surface area (Å²) in [6.07, 6.45) is 4.96. The molecule has 1 heterocycles. The highest BCUT2D eigenvalue weighted by molar-refractivity contribution is 9.10. The van der Waals surface area contributed by atoms with Gasteiger partial charge < -0.3 is 15.2 Å². The Labute approximate surface area is 141 Å². The number of rotatable bonds is 5. The highest BCUT2D eigenvalue weighted by Gasteiger charge is 2.34. The summed E-state index contributed by atoms with van der Waals surface area (Å²) in [5, 5.41) is 0. The lowest BCUT2D eigenvalue weighted by Gasteiger charge is -2.30. The van der Waals surface area contributed by atoms with Gasteiger partial charge in [-0.25, -0.2) is 0 Å². The fourth-order valence-electron chi connectivity index (χ4n) is 3.41. The summed E-state index contributed by atoms with van der Waals surface area (Å²) in [5.74, 6) is 2.29. The molecule has 0 radical (unpaired) electrons. The van der Waals surface area contributed by atoms with Gasteiger partial charge in [-0.1, -0.05) is 15.9 Å². The Balaban J connectivity index is 1.95. The van der Waals surface area contributed by atoms with Crippen molar-refractivity contribution >= 4 is 15.9 Å². The van der Waals surface area contributed by atoms with E-state index in [1.807, 2.05) is 6.07 Å². The molecule has 0 amide bonds. The number of methoxy groups -OCH3 is 1. The first-order valence-electron chi connectivity index (χ1n) is 8.06. The van der Waals surface area contributed by atoms with Crippen LogP contribution in [0.5, 0.6) is 11.5 Å². The molecular formula is C17H25BrN2O2. The molecule has 4 nitrogen and oxygen atoms in total. The largest absolute Gasteiger partial charge is 0.493 e. The summed E-state index contributed by atoms with van der Waals surface area (Å²) < 4.78 is 12.9. The van der Waals surface area contributed by atoms with Crippen molar-refractivity contribution in [1.29, 1.82) is 0 Å². The zero-order valence-corrected chi connectivity index (χ0v) is 14.9. The average molecular weight is 369 g/mol. The topological polar surface area (TPSA) is 47.7 Å². The summed E-state index contributed by atoms with van der Waals surface area (Å²) in [5.41, 5.74) is 7.10. The number of benzene rings is 1. The molecule has 1 aliphatic heterocycles. The van der Waals surface area contributed by atoms with Crippen LogP contribution in [-0.4, -0.2) is 38.3 Å².